The molecule has 0 aromatic heterocycles. The molecule has 0 aromatic carbocycles. The van der Waals surface area contributed by atoms with E-state index in [-0.39, 0.29) is 31.1 Å². The average molecular weight is 1140 g/mol. The Morgan fingerprint density at radius 1 is 0.256 bits per heavy atom. The van der Waals surface area contributed by atoms with Crippen LogP contribution in [0.5, 0.6) is 0 Å². The number of carbonyl (C=O) groups is 3. The predicted molar refractivity (Wildman–Crippen MR) is 357 cm³/mol. The SMILES string of the molecule is CC/C=C\C/C=C\C/C=C\C/C=C\C/C=C\C/C=C\C/C=C\C/C=C\CCCCCCCCCCC(=O)OCC(COC(=O)CCCCCCCCCCCCCCC)OC(=O)CCCCCCCCC/C=C\C/C=C\CCCCCC. The number of hydrogen-bond acceptors (Lipinski definition) is 6. The van der Waals surface area contributed by atoms with Crippen molar-refractivity contribution in [3.05, 3.63) is 122 Å². The minimum Gasteiger partial charge on any atom is -0.462 e. The van der Waals surface area contributed by atoms with E-state index in [1.807, 2.05) is 0 Å². The second-order valence-electron chi connectivity index (χ2n) is 22.7. The van der Waals surface area contributed by atoms with Crippen molar-refractivity contribution in [2.75, 3.05) is 13.2 Å². The van der Waals surface area contributed by atoms with Crippen molar-refractivity contribution < 1.29 is 28.6 Å². The van der Waals surface area contributed by atoms with Crippen LogP contribution in [-0.4, -0.2) is 37.2 Å². The molecule has 0 saturated heterocycles. The van der Waals surface area contributed by atoms with Crippen LogP contribution in [0.3, 0.4) is 0 Å². The van der Waals surface area contributed by atoms with Gasteiger partial charge in [-0.25, -0.2) is 0 Å². The molecule has 1 unspecified atom stereocenters. The van der Waals surface area contributed by atoms with E-state index >= 15 is 0 Å². The molecule has 0 aromatic rings. The van der Waals surface area contributed by atoms with Crippen molar-refractivity contribution in [3.63, 3.8) is 0 Å². The predicted octanol–water partition coefficient (Wildman–Crippen LogP) is 23.9. The molecule has 6 nitrogen and oxygen atoms in total. The number of esters is 3. The molecule has 0 bridgehead atoms. The zero-order chi connectivity index (χ0) is 59.2. The lowest BCUT2D eigenvalue weighted by atomic mass is 10.0. The highest BCUT2D eigenvalue weighted by atomic mass is 16.6. The van der Waals surface area contributed by atoms with E-state index in [1.54, 1.807) is 0 Å². The quantitative estimate of drug-likeness (QED) is 0.0261. The largest absolute Gasteiger partial charge is 0.462 e. The van der Waals surface area contributed by atoms with E-state index in [2.05, 4.69) is 142 Å². The van der Waals surface area contributed by atoms with Gasteiger partial charge in [-0.1, -0.05) is 309 Å². The topological polar surface area (TPSA) is 78.9 Å². The molecule has 468 valence electrons. The van der Waals surface area contributed by atoms with Crippen LogP contribution in [0.4, 0.5) is 0 Å². The van der Waals surface area contributed by atoms with E-state index in [1.165, 1.54) is 154 Å². The van der Waals surface area contributed by atoms with E-state index in [9.17, 15) is 14.4 Å². The van der Waals surface area contributed by atoms with Crippen molar-refractivity contribution in [1.82, 2.24) is 0 Å². The highest BCUT2D eigenvalue weighted by Crippen LogP contribution is 2.16. The van der Waals surface area contributed by atoms with Crippen LogP contribution < -0.4 is 0 Å². The molecule has 0 N–H and O–H groups in total. The smallest absolute Gasteiger partial charge is 0.306 e. The summed E-state index contributed by atoms with van der Waals surface area (Å²) < 4.78 is 16.9. The molecular formula is C76H128O6. The van der Waals surface area contributed by atoms with Crippen LogP contribution in [0.25, 0.3) is 0 Å². The number of unbranched alkanes of at least 4 members (excludes halogenated alkanes) is 31. The number of allylic oxidation sites excluding steroid dienone is 20. The van der Waals surface area contributed by atoms with Gasteiger partial charge in [0.15, 0.2) is 6.10 Å². The Kier molecular flexibility index (Phi) is 65.8. The second kappa shape index (κ2) is 69.3. The summed E-state index contributed by atoms with van der Waals surface area (Å²) in [6.45, 7) is 6.52. The van der Waals surface area contributed by atoms with E-state index in [0.717, 1.165) is 128 Å². The van der Waals surface area contributed by atoms with Crippen LogP contribution >= 0.6 is 0 Å². The van der Waals surface area contributed by atoms with E-state index in [0.29, 0.717) is 19.3 Å². The molecule has 0 heterocycles. The Morgan fingerprint density at radius 2 is 0.476 bits per heavy atom. The van der Waals surface area contributed by atoms with Gasteiger partial charge in [-0.3, -0.25) is 14.4 Å². The maximum Gasteiger partial charge on any atom is 0.306 e. The first-order chi connectivity index (χ1) is 40.5. The van der Waals surface area contributed by atoms with Gasteiger partial charge in [0.2, 0.25) is 0 Å². The molecule has 1 atom stereocenters. The summed E-state index contributed by atoms with van der Waals surface area (Å²) in [6, 6.07) is 0. The third kappa shape index (κ3) is 66.6. The lowest BCUT2D eigenvalue weighted by molar-refractivity contribution is -0.167. The Labute approximate surface area is 507 Å². The van der Waals surface area contributed by atoms with Gasteiger partial charge in [0, 0.05) is 19.3 Å². The number of hydrogen-bond donors (Lipinski definition) is 0. The molecule has 0 rings (SSSR count). The van der Waals surface area contributed by atoms with Gasteiger partial charge in [-0.05, 0) is 116 Å². The summed E-state index contributed by atoms with van der Waals surface area (Å²) in [5.74, 6) is -0.888. The van der Waals surface area contributed by atoms with Crippen LogP contribution in [0, 0.1) is 0 Å². The average Bonchev–Trinajstić information content (AvgIpc) is 3.47. The van der Waals surface area contributed by atoms with E-state index in [4.69, 9.17) is 14.2 Å². The number of carbonyl (C=O) groups excluding carboxylic acids is 3. The second-order valence-corrected chi connectivity index (χ2v) is 22.7. The van der Waals surface area contributed by atoms with Gasteiger partial charge < -0.3 is 14.2 Å². The monoisotopic (exact) mass is 1140 g/mol. The minimum absolute atomic E-state index is 0.0821. The third-order valence-corrected chi connectivity index (χ3v) is 14.7. The molecule has 0 radical (unpaired) electrons. The molecule has 0 saturated carbocycles. The van der Waals surface area contributed by atoms with Crippen molar-refractivity contribution in [2.24, 2.45) is 0 Å². The molecule has 0 aliphatic heterocycles. The lowest BCUT2D eigenvalue weighted by Gasteiger charge is -2.18. The standard InChI is InChI=1S/C76H128O6/c1-4-7-10-13-16-19-22-25-27-29-31-32-33-34-35-36-37-38-39-40-41-42-43-44-45-47-48-51-54-57-60-63-66-69-75(78)81-72-73(71-80-74(77)68-65-62-59-56-53-50-24-21-18-15-12-9-6-3)82-76(79)70-67-64-61-58-55-52-49-46-30-28-26-23-20-17-14-11-8-5-2/h7,10,16,19-20,23,25,27-28,30-32,34-35,37-38,40-41,43-44,73H,4-6,8-9,11-15,17-18,21-22,24,26,29,33,36,39,42,45-72H2,1-3H3/b10-7-,19-16-,23-20-,27-25-,30-28-,32-31-,35-34-,38-37-,41-40-,44-43-. The van der Waals surface area contributed by atoms with Gasteiger partial charge in [0.25, 0.3) is 0 Å². The minimum atomic E-state index is -0.787. The Morgan fingerprint density at radius 3 is 0.756 bits per heavy atom. The van der Waals surface area contributed by atoms with E-state index < -0.39 is 6.10 Å². The van der Waals surface area contributed by atoms with Gasteiger partial charge in [0.05, 0.1) is 0 Å². The molecule has 0 amide bonds. The molecule has 0 aliphatic rings. The Hall–Kier alpha value is -4.19. The van der Waals surface area contributed by atoms with Crippen LogP contribution in [0.1, 0.15) is 323 Å². The van der Waals surface area contributed by atoms with Gasteiger partial charge in [-0.15, -0.1) is 0 Å². The zero-order valence-electron chi connectivity index (χ0n) is 53.7. The first-order valence-electron chi connectivity index (χ1n) is 34.5. The third-order valence-electron chi connectivity index (χ3n) is 14.7. The van der Waals surface area contributed by atoms with Crippen LogP contribution in [-0.2, 0) is 28.6 Å². The van der Waals surface area contributed by atoms with Crippen molar-refractivity contribution in [2.45, 2.75) is 329 Å². The highest BCUT2D eigenvalue weighted by Gasteiger charge is 2.19. The normalized spacial score (nSPS) is 12.9. The molecule has 0 spiro atoms. The highest BCUT2D eigenvalue weighted by molar-refractivity contribution is 5.71. The number of ether oxygens (including phenoxy) is 3. The summed E-state index contributed by atoms with van der Waals surface area (Å²) in [5.41, 5.74) is 0. The summed E-state index contributed by atoms with van der Waals surface area (Å²) in [4.78, 5) is 38.4. The van der Waals surface area contributed by atoms with Crippen molar-refractivity contribution >= 4 is 17.9 Å². The first-order valence-corrected chi connectivity index (χ1v) is 34.5. The van der Waals surface area contributed by atoms with Crippen LogP contribution in [0.2, 0.25) is 0 Å². The zero-order valence-corrected chi connectivity index (χ0v) is 53.7. The maximum atomic E-state index is 12.9. The van der Waals surface area contributed by atoms with Gasteiger partial charge in [0.1, 0.15) is 13.2 Å². The molecule has 0 aliphatic carbocycles. The Balaban J connectivity index is 4.29. The summed E-state index contributed by atoms with van der Waals surface area (Å²) in [6.07, 6.45) is 96.4. The fourth-order valence-corrected chi connectivity index (χ4v) is 9.55. The van der Waals surface area contributed by atoms with Gasteiger partial charge in [-0.2, -0.15) is 0 Å². The number of rotatable bonds is 62. The first kappa shape index (κ1) is 77.8. The molecule has 6 heteroatoms. The molecule has 82 heavy (non-hydrogen) atoms. The summed E-state index contributed by atoms with van der Waals surface area (Å²) in [5, 5.41) is 0. The maximum absolute atomic E-state index is 12.9. The van der Waals surface area contributed by atoms with Crippen molar-refractivity contribution in [3.8, 4) is 0 Å². The molecular weight excluding hydrogens is 1010 g/mol. The fourth-order valence-electron chi connectivity index (χ4n) is 9.55. The summed E-state index contributed by atoms with van der Waals surface area (Å²) in [7, 11) is 0. The van der Waals surface area contributed by atoms with Crippen LogP contribution in [0.15, 0.2) is 122 Å². The summed E-state index contributed by atoms with van der Waals surface area (Å²) >= 11 is 0. The Bertz CT molecular complexity index is 1690. The fraction of sp³-hybridized carbons (Fsp3) is 0.697. The molecule has 0 fully saturated rings. The van der Waals surface area contributed by atoms with Gasteiger partial charge >= 0.3 is 17.9 Å². The lowest BCUT2D eigenvalue weighted by Crippen LogP contribution is -2.30. The van der Waals surface area contributed by atoms with Crippen molar-refractivity contribution in [1.29, 1.82) is 0 Å².